The molecular formula is C20H16Br2N4O4. The first-order valence-electron chi connectivity index (χ1n) is 8.62. The van der Waals surface area contributed by atoms with Crippen LogP contribution in [0.25, 0.3) is 17.0 Å². The molecule has 3 rings (SSSR count). The Hall–Kier alpha value is -2.98. The summed E-state index contributed by atoms with van der Waals surface area (Å²) in [5.41, 5.74) is 1.47. The van der Waals surface area contributed by atoms with Crippen LogP contribution in [-0.4, -0.2) is 35.6 Å². The number of azo groups is 1. The first-order valence-corrected chi connectivity index (χ1v) is 10.2. The van der Waals surface area contributed by atoms with Gasteiger partial charge in [0.15, 0.2) is 5.69 Å². The molecule has 10 heteroatoms. The van der Waals surface area contributed by atoms with Gasteiger partial charge in [0.25, 0.3) is 5.91 Å². The Morgan fingerprint density at radius 3 is 2.80 bits per heavy atom. The lowest BCUT2D eigenvalue weighted by Gasteiger charge is -2.03. The monoisotopic (exact) mass is 534 g/mol. The van der Waals surface area contributed by atoms with Crippen molar-refractivity contribution in [1.82, 2.24) is 10.3 Å². The van der Waals surface area contributed by atoms with Gasteiger partial charge in [-0.3, -0.25) is 9.59 Å². The number of fused-ring (bicyclic) bond motifs is 1. The smallest absolute Gasteiger partial charge is 0.283 e. The number of aromatic hydroxyl groups is 1. The molecule has 0 spiro atoms. The van der Waals surface area contributed by atoms with Gasteiger partial charge in [-0.15, -0.1) is 10.2 Å². The number of benzene rings is 2. The number of nitrogens with one attached hydrogen (secondary N) is 2. The van der Waals surface area contributed by atoms with Gasteiger partial charge in [-0.1, -0.05) is 34.1 Å². The van der Waals surface area contributed by atoms with Crippen LogP contribution in [0.3, 0.4) is 0 Å². The minimum absolute atomic E-state index is 0.128. The molecule has 154 valence electrons. The van der Waals surface area contributed by atoms with Crippen LogP contribution in [0.15, 0.2) is 61.6 Å². The number of halogens is 2. The normalized spacial score (nSPS) is 11.4. The van der Waals surface area contributed by atoms with Gasteiger partial charge < -0.3 is 20.1 Å². The summed E-state index contributed by atoms with van der Waals surface area (Å²) in [6.07, 6.45) is 2.88. The SMILES string of the molecule is COc1ccccc1/C=C/C(=O)NCC(=O)N=Nc1c(O)[nH]c2c(Br)cc(Br)cc12. The summed E-state index contributed by atoms with van der Waals surface area (Å²) in [5, 5.41) is 20.5. The van der Waals surface area contributed by atoms with Crippen molar-refractivity contribution in [3.05, 3.63) is 57.0 Å². The van der Waals surface area contributed by atoms with Crippen LogP contribution in [0, 0.1) is 0 Å². The molecule has 0 radical (unpaired) electrons. The van der Waals surface area contributed by atoms with Crippen LogP contribution in [0.2, 0.25) is 0 Å². The topological polar surface area (TPSA) is 116 Å². The number of methoxy groups -OCH3 is 1. The number of carbonyl (C=O) groups excluding carboxylic acids is 2. The van der Waals surface area contributed by atoms with E-state index >= 15 is 0 Å². The quantitative estimate of drug-likeness (QED) is 0.309. The van der Waals surface area contributed by atoms with Gasteiger partial charge in [-0.25, -0.2) is 0 Å². The maximum Gasteiger partial charge on any atom is 0.283 e. The van der Waals surface area contributed by atoms with E-state index in [-0.39, 0.29) is 18.1 Å². The van der Waals surface area contributed by atoms with Crippen molar-refractivity contribution >= 4 is 66.3 Å². The van der Waals surface area contributed by atoms with Gasteiger partial charge in [-0.2, -0.15) is 0 Å². The fourth-order valence-electron chi connectivity index (χ4n) is 2.63. The summed E-state index contributed by atoms with van der Waals surface area (Å²) >= 11 is 6.74. The highest BCUT2D eigenvalue weighted by Crippen LogP contribution is 2.40. The Morgan fingerprint density at radius 2 is 2.03 bits per heavy atom. The average molecular weight is 536 g/mol. The van der Waals surface area contributed by atoms with Crippen molar-refractivity contribution in [1.29, 1.82) is 0 Å². The second kappa shape index (κ2) is 9.68. The third-order valence-corrected chi connectivity index (χ3v) is 5.09. The minimum Gasteiger partial charge on any atom is -0.496 e. The van der Waals surface area contributed by atoms with E-state index in [0.717, 1.165) is 10.0 Å². The lowest BCUT2D eigenvalue weighted by molar-refractivity contribution is -0.122. The number of H-pyrrole nitrogens is 1. The summed E-state index contributed by atoms with van der Waals surface area (Å²) in [6.45, 7) is -0.338. The van der Waals surface area contributed by atoms with E-state index in [2.05, 4.69) is 52.4 Å². The fourth-order valence-corrected chi connectivity index (χ4v) is 3.95. The molecule has 0 bridgehead atoms. The number of hydrogen-bond donors (Lipinski definition) is 3. The zero-order valence-corrected chi connectivity index (χ0v) is 18.8. The van der Waals surface area contributed by atoms with Crippen molar-refractivity contribution in [3.8, 4) is 11.6 Å². The van der Waals surface area contributed by atoms with E-state index in [0.29, 0.717) is 21.1 Å². The maximum atomic E-state index is 12.0. The summed E-state index contributed by atoms with van der Waals surface area (Å²) in [7, 11) is 1.54. The summed E-state index contributed by atoms with van der Waals surface area (Å²) in [4.78, 5) is 26.7. The molecule has 30 heavy (non-hydrogen) atoms. The third kappa shape index (κ3) is 5.14. The van der Waals surface area contributed by atoms with Crippen LogP contribution >= 0.6 is 31.9 Å². The summed E-state index contributed by atoms with van der Waals surface area (Å²) < 4.78 is 6.68. The van der Waals surface area contributed by atoms with Crippen molar-refractivity contribution in [2.45, 2.75) is 0 Å². The van der Waals surface area contributed by atoms with Crippen LogP contribution in [0.1, 0.15) is 5.56 Å². The lowest BCUT2D eigenvalue weighted by atomic mass is 10.2. The third-order valence-electron chi connectivity index (χ3n) is 4.01. The molecule has 2 amide bonds. The molecule has 0 fully saturated rings. The van der Waals surface area contributed by atoms with Gasteiger partial charge in [0.05, 0.1) is 12.6 Å². The van der Waals surface area contributed by atoms with E-state index in [1.165, 1.54) is 6.08 Å². The molecule has 0 saturated carbocycles. The van der Waals surface area contributed by atoms with Crippen LogP contribution < -0.4 is 10.1 Å². The van der Waals surface area contributed by atoms with Crippen LogP contribution in [0.4, 0.5) is 5.69 Å². The zero-order valence-electron chi connectivity index (χ0n) is 15.6. The first-order chi connectivity index (χ1) is 14.4. The predicted molar refractivity (Wildman–Crippen MR) is 120 cm³/mol. The van der Waals surface area contributed by atoms with Crippen molar-refractivity contribution in [3.63, 3.8) is 0 Å². The van der Waals surface area contributed by atoms with Crippen molar-refractivity contribution in [2.24, 2.45) is 10.2 Å². The summed E-state index contributed by atoms with van der Waals surface area (Å²) in [6, 6.07) is 10.8. The average Bonchev–Trinajstić information content (AvgIpc) is 3.04. The van der Waals surface area contributed by atoms with Crippen LogP contribution in [0.5, 0.6) is 11.6 Å². The number of carbonyl (C=O) groups is 2. The minimum atomic E-state index is -0.670. The number of aromatic nitrogens is 1. The molecule has 0 atom stereocenters. The molecule has 1 aromatic heterocycles. The first kappa shape index (κ1) is 21.7. The second-order valence-corrected chi connectivity index (χ2v) is 7.79. The Morgan fingerprint density at radius 1 is 1.27 bits per heavy atom. The molecule has 0 aliphatic carbocycles. The number of para-hydroxylation sites is 1. The van der Waals surface area contributed by atoms with E-state index < -0.39 is 11.8 Å². The standard InChI is InChI=1S/C20H16Br2N4O4/c1-30-15-5-3-2-4-11(15)6-7-16(27)23-10-17(28)25-26-19-13-8-12(21)9-14(22)18(13)24-20(19)29/h2-9,24,29H,10H2,1H3,(H,23,27)/b7-6+,26-25?. The number of nitrogens with zero attached hydrogens (tertiary/aromatic N) is 2. The largest absolute Gasteiger partial charge is 0.496 e. The van der Waals surface area contributed by atoms with E-state index in [1.54, 1.807) is 37.5 Å². The molecular weight excluding hydrogens is 520 g/mol. The van der Waals surface area contributed by atoms with Gasteiger partial charge >= 0.3 is 0 Å². The molecule has 0 saturated heterocycles. The van der Waals surface area contributed by atoms with Crippen molar-refractivity contribution in [2.75, 3.05) is 13.7 Å². The molecule has 3 aromatic rings. The second-order valence-electron chi connectivity index (χ2n) is 6.02. The molecule has 0 unspecified atom stereocenters. The van der Waals surface area contributed by atoms with E-state index in [9.17, 15) is 14.7 Å². The van der Waals surface area contributed by atoms with Gasteiger partial charge in [0.2, 0.25) is 11.8 Å². The highest BCUT2D eigenvalue weighted by molar-refractivity contribution is 9.11. The highest BCUT2D eigenvalue weighted by atomic mass is 79.9. The molecule has 2 aromatic carbocycles. The number of rotatable bonds is 6. The molecule has 0 aliphatic heterocycles. The van der Waals surface area contributed by atoms with Gasteiger partial charge in [0.1, 0.15) is 12.3 Å². The van der Waals surface area contributed by atoms with E-state index in [4.69, 9.17) is 4.74 Å². The molecule has 8 nitrogen and oxygen atoms in total. The number of ether oxygens (including phenoxy) is 1. The highest BCUT2D eigenvalue weighted by Gasteiger charge is 2.14. The molecule has 1 heterocycles. The Balaban J connectivity index is 1.63. The fraction of sp³-hybridized carbons (Fsp3) is 0.100. The molecule has 3 N–H and O–H groups in total. The Bertz CT molecular complexity index is 1170. The van der Waals surface area contributed by atoms with Crippen LogP contribution in [-0.2, 0) is 9.59 Å². The number of hydrogen-bond acceptors (Lipinski definition) is 5. The van der Waals surface area contributed by atoms with Crippen molar-refractivity contribution < 1.29 is 19.4 Å². The molecule has 0 aliphatic rings. The number of aromatic amines is 1. The maximum absolute atomic E-state index is 12.0. The Kier molecular flexibility index (Phi) is 7.01. The lowest BCUT2D eigenvalue weighted by Crippen LogP contribution is -2.26. The predicted octanol–water partition coefficient (Wildman–Crippen LogP) is 4.85. The zero-order chi connectivity index (χ0) is 21.7. The van der Waals surface area contributed by atoms with Gasteiger partial charge in [-0.05, 0) is 40.2 Å². The summed E-state index contributed by atoms with van der Waals surface area (Å²) in [5.74, 6) is -0.725. The Labute approximate surface area is 188 Å². The van der Waals surface area contributed by atoms with E-state index in [1.807, 2.05) is 12.1 Å². The number of amides is 2. The van der Waals surface area contributed by atoms with Gasteiger partial charge in [0, 0.05) is 26.0 Å².